The van der Waals surface area contributed by atoms with Crippen molar-refractivity contribution in [1.29, 1.82) is 0 Å². The highest BCUT2D eigenvalue weighted by Gasteiger charge is 2.18. The molecule has 8 aromatic rings. The fourth-order valence-corrected chi connectivity index (χ4v) is 7.70. The van der Waals surface area contributed by atoms with E-state index in [0.717, 1.165) is 6.54 Å². The van der Waals surface area contributed by atoms with Crippen LogP contribution in [0.5, 0.6) is 0 Å². The minimum atomic E-state index is 1.07. The van der Waals surface area contributed by atoms with Crippen molar-refractivity contribution in [3.8, 4) is 33.4 Å². The van der Waals surface area contributed by atoms with Crippen molar-refractivity contribution >= 4 is 43.4 Å². The molecule has 7 aromatic carbocycles. The van der Waals surface area contributed by atoms with Gasteiger partial charge in [-0.15, -0.1) is 0 Å². The average molecular weight is 608 g/mol. The molecular formula is C46H41N. The topological polar surface area (TPSA) is 4.93 Å². The number of hydrogen-bond acceptors (Lipinski definition) is 0. The standard InChI is InChI=1S/C46H41N/c1-2-3-4-5-6-17-30-47-43-25-16-15-23-38(43)42-32-36(27-29-44(42)47)35-26-28-40-41(31-35)37-22-13-14-24-39(37)45(33-18-9-7-10-19-33)46(40)34-20-11-8-12-21-34/h7-16,18-29,31-32H,2-6,17,30H2,1H3. The van der Waals surface area contributed by atoms with E-state index in [2.05, 4.69) is 157 Å². The van der Waals surface area contributed by atoms with Crippen molar-refractivity contribution < 1.29 is 0 Å². The second-order valence-corrected chi connectivity index (χ2v) is 13.0. The van der Waals surface area contributed by atoms with E-state index >= 15 is 0 Å². The quantitative estimate of drug-likeness (QED) is 0.108. The summed E-state index contributed by atoms with van der Waals surface area (Å²) in [5.74, 6) is 0. The third-order valence-electron chi connectivity index (χ3n) is 9.99. The average Bonchev–Trinajstić information content (AvgIpc) is 3.45. The number of benzene rings is 7. The monoisotopic (exact) mass is 607 g/mol. The minimum absolute atomic E-state index is 1.07. The van der Waals surface area contributed by atoms with Gasteiger partial charge in [-0.05, 0) is 85.6 Å². The van der Waals surface area contributed by atoms with Crippen LogP contribution in [-0.4, -0.2) is 4.57 Å². The van der Waals surface area contributed by atoms with Crippen LogP contribution in [0.25, 0.3) is 76.7 Å². The fourth-order valence-electron chi connectivity index (χ4n) is 7.70. The first kappa shape index (κ1) is 29.3. The first-order chi connectivity index (χ1) is 23.3. The van der Waals surface area contributed by atoms with Crippen LogP contribution in [-0.2, 0) is 6.54 Å². The Kier molecular flexibility index (Phi) is 8.05. The molecule has 8 rings (SSSR count). The van der Waals surface area contributed by atoms with E-state index in [-0.39, 0.29) is 0 Å². The molecule has 1 aromatic heterocycles. The van der Waals surface area contributed by atoms with Gasteiger partial charge < -0.3 is 4.57 Å². The van der Waals surface area contributed by atoms with Gasteiger partial charge in [-0.1, -0.05) is 160 Å². The van der Waals surface area contributed by atoms with Crippen LogP contribution in [0.3, 0.4) is 0 Å². The van der Waals surface area contributed by atoms with Crippen molar-refractivity contribution in [2.45, 2.75) is 52.0 Å². The fraction of sp³-hybridized carbons (Fsp3) is 0.174. The molecule has 0 fully saturated rings. The number of para-hydroxylation sites is 1. The number of hydrogen-bond donors (Lipinski definition) is 0. The van der Waals surface area contributed by atoms with Crippen LogP contribution in [0.1, 0.15) is 45.4 Å². The summed E-state index contributed by atoms with van der Waals surface area (Å²) < 4.78 is 2.55. The first-order valence-electron chi connectivity index (χ1n) is 17.4. The summed E-state index contributed by atoms with van der Waals surface area (Å²) in [6.45, 7) is 3.36. The Morgan fingerprint density at radius 1 is 0.362 bits per heavy atom. The Bertz CT molecular complexity index is 2330. The number of unbranched alkanes of at least 4 members (excludes halogenated alkanes) is 5. The number of nitrogens with zero attached hydrogens (tertiary/aromatic N) is 1. The summed E-state index contributed by atoms with van der Waals surface area (Å²) in [7, 11) is 0. The second-order valence-electron chi connectivity index (χ2n) is 13.0. The third-order valence-corrected chi connectivity index (χ3v) is 9.99. The maximum absolute atomic E-state index is 2.55. The lowest BCUT2D eigenvalue weighted by atomic mass is 9.84. The number of aromatic nitrogens is 1. The minimum Gasteiger partial charge on any atom is -0.340 e. The van der Waals surface area contributed by atoms with Crippen LogP contribution in [0.15, 0.2) is 146 Å². The van der Waals surface area contributed by atoms with E-state index < -0.39 is 0 Å². The van der Waals surface area contributed by atoms with Crippen molar-refractivity contribution in [2.24, 2.45) is 0 Å². The van der Waals surface area contributed by atoms with Gasteiger partial charge in [0.25, 0.3) is 0 Å². The zero-order valence-electron chi connectivity index (χ0n) is 27.3. The molecule has 1 heterocycles. The van der Waals surface area contributed by atoms with Crippen LogP contribution < -0.4 is 0 Å². The summed E-state index contributed by atoms with van der Waals surface area (Å²) in [6, 6.07) is 53.9. The summed E-state index contributed by atoms with van der Waals surface area (Å²) in [4.78, 5) is 0. The molecule has 0 saturated heterocycles. The lowest BCUT2D eigenvalue weighted by Gasteiger charge is -2.19. The molecule has 0 spiro atoms. The smallest absolute Gasteiger partial charge is 0.0491 e. The van der Waals surface area contributed by atoms with Gasteiger partial charge in [0, 0.05) is 28.4 Å². The number of aryl methyl sites for hydroxylation is 1. The molecule has 1 nitrogen and oxygen atoms in total. The molecule has 0 radical (unpaired) electrons. The van der Waals surface area contributed by atoms with Crippen molar-refractivity contribution in [2.75, 3.05) is 0 Å². The Morgan fingerprint density at radius 2 is 0.872 bits per heavy atom. The highest BCUT2D eigenvalue weighted by atomic mass is 15.0. The number of fused-ring (bicyclic) bond motifs is 6. The predicted molar refractivity (Wildman–Crippen MR) is 204 cm³/mol. The van der Waals surface area contributed by atoms with Crippen LogP contribution in [0.4, 0.5) is 0 Å². The van der Waals surface area contributed by atoms with E-state index in [1.54, 1.807) is 0 Å². The molecule has 0 aliphatic rings. The molecular weight excluding hydrogens is 567 g/mol. The van der Waals surface area contributed by atoms with E-state index in [1.807, 2.05) is 0 Å². The second kappa shape index (κ2) is 12.9. The molecule has 230 valence electrons. The normalized spacial score (nSPS) is 11.7. The molecule has 0 aliphatic heterocycles. The van der Waals surface area contributed by atoms with Crippen LogP contribution in [0.2, 0.25) is 0 Å². The zero-order valence-corrected chi connectivity index (χ0v) is 27.3. The maximum atomic E-state index is 2.55. The Morgan fingerprint density at radius 3 is 1.57 bits per heavy atom. The van der Waals surface area contributed by atoms with E-state index in [9.17, 15) is 0 Å². The first-order valence-corrected chi connectivity index (χ1v) is 17.4. The van der Waals surface area contributed by atoms with Crippen molar-refractivity contribution in [1.82, 2.24) is 4.57 Å². The molecule has 0 bridgehead atoms. The molecule has 0 saturated carbocycles. The summed E-state index contributed by atoms with van der Waals surface area (Å²) in [6.07, 6.45) is 7.87. The molecule has 0 atom stereocenters. The molecule has 0 unspecified atom stereocenters. The maximum Gasteiger partial charge on any atom is 0.0491 e. The lowest BCUT2D eigenvalue weighted by molar-refractivity contribution is 0.571. The van der Waals surface area contributed by atoms with Gasteiger partial charge in [0.05, 0.1) is 0 Å². The van der Waals surface area contributed by atoms with Gasteiger partial charge >= 0.3 is 0 Å². The van der Waals surface area contributed by atoms with Gasteiger partial charge in [0.2, 0.25) is 0 Å². The molecule has 0 amide bonds. The Balaban J connectivity index is 1.28. The van der Waals surface area contributed by atoms with Gasteiger partial charge in [-0.2, -0.15) is 0 Å². The van der Waals surface area contributed by atoms with Crippen LogP contribution in [0, 0.1) is 0 Å². The molecule has 0 N–H and O–H groups in total. The molecule has 1 heteroatoms. The molecule has 0 aliphatic carbocycles. The van der Waals surface area contributed by atoms with E-state index in [4.69, 9.17) is 0 Å². The number of rotatable bonds is 10. The van der Waals surface area contributed by atoms with Gasteiger partial charge in [-0.3, -0.25) is 0 Å². The Hall–Kier alpha value is -5.14. The van der Waals surface area contributed by atoms with Gasteiger partial charge in [-0.25, -0.2) is 0 Å². The van der Waals surface area contributed by atoms with E-state index in [0.29, 0.717) is 0 Å². The highest BCUT2D eigenvalue weighted by molar-refractivity contribution is 6.22. The summed E-state index contributed by atoms with van der Waals surface area (Å²) >= 11 is 0. The molecule has 47 heavy (non-hydrogen) atoms. The summed E-state index contributed by atoms with van der Waals surface area (Å²) in [5.41, 5.74) is 10.3. The van der Waals surface area contributed by atoms with Crippen molar-refractivity contribution in [3.63, 3.8) is 0 Å². The lowest BCUT2D eigenvalue weighted by Crippen LogP contribution is -1.97. The largest absolute Gasteiger partial charge is 0.340 e. The van der Waals surface area contributed by atoms with E-state index in [1.165, 1.54) is 115 Å². The SMILES string of the molecule is CCCCCCCCn1c2ccccc2c2cc(-c3ccc4c(-c5ccccc5)c(-c5ccccc5)c5ccccc5c4c3)ccc21. The Labute approximate surface area is 278 Å². The van der Waals surface area contributed by atoms with Crippen molar-refractivity contribution in [3.05, 3.63) is 146 Å². The zero-order chi connectivity index (χ0) is 31.6. The predicted octanol–water partition coefficient (Wildman–Crippen LogP) is 13.5. The third kappa shape index (κ3) is 5.40. The van der Waals surface area contributed by atoms with Gasteiger partial charge in [0.1, 0.15) is 0 Å². The highest BCUT2D eigenvalue weighted by Crippen LogP contribution is 2.45. The van der Waals surface area contributed by atoms with Crippen LogP contribution >= 0.6 is 0 Å². The van der Waals surface area contributed by atoms with Gasteiger partial charge in [0.15, 0.2) is 0 Å². The summed E-state index contributed by atoms with van der Waals surface area (Å²) in [5, 5.41) is 7.85.